The van der Waals surface area contributed by atoms with Crippen molar-refractivity contribution in [2.24, 2.45) is 0 Å². The van der Waals surface area contributed by atoms with Crippen molar-refractivity contribution < 1.29 is 19.1 Å². The van der Waals surface area contributed by atoms with Crippen LogP contribution < -0.4 is 5.32 Å². The van der Waals surface area contributed by atoms with Crippen LogP contribution in [0.3, 0.4) is 0 Å². The van der Waals surface area contributed by atoms with E-state index in [1.54, 1.807) is 7.05 Å². The van der Waals surface area contributed by atoms with Gasteiger partial charge >= 0.3 is 12.0 Å². The van der Waals surface area contributed by atoms with E-state index in [1.165, 1.54) is 17.0 Å². The van der Waals surface area contributed by atoms with E-state index in [1.807, 2.05) is 6.92 Å². The fourth-order valence-corrected chi connectivity index (χ4v) is 1.36. The Kier molecular flexibility index (Phi) is 4.53. The summed E-state index contributed by atoms with van der Waals surface area (Å²) in [6.45, 7) is 6.15. The van der Waals surface area contributed by atoms with E-state index in [0.29, 0.717) is 12.3 Å². The Morgan fingerprint density at radius 2 is 2.17 bits per heavy atom. The Bertz CT molecular complexity index is 464. The lowest BCUT2D eigenvalue weighted by Crippen LogP contribution is -2.37. The highest BCUT2D eigenvalue weighted by Crippen LogP contribution is 2.07. The van der Waals surface area contributed by atoms with Crippen LogP contribution in [0.5, 0.6) is 0 Å². The van der Waals surface area contributed by atoms with Gasteiger partial charge in [0.25, 0.3) is 0 Å². The van der Waals surface area contributed by atoms with E-state index in [2.05, 4.69) is 11.9 Å². The van der Waals surface area contributed by atoms with Crippen LogP contribution >= 0.6 is 0 Å². The summed E-state index contributed by atoms with van der Waals surface area (Å²) in [6, 6.07) is 2.59. The van der Waals surface area contributed by atoms with Crippen LogP contribution in [0.15, 0.2) is 28.7 Å². The molecule has 6 heteroatoms. The molecule has 0 saturated heterocycles. The van der Waals surface area contributed by atoms with Gasteiger partial charge in [-0.15, -0.1) is 0 Å². The summed E-state index contributed by atoms with van der Waals surface area (Å²) < 4.78 is 5.01. The lowest BCUT2D eigenvalue weighted by atomic mass is 10.3. The second kappa shape index (κ2) is 5.90. The first-order valence-corrected chi connectivity index (χ1v) is 5.35. The van der Waals surface area contributed by atoms with E-state index in [9.17, 15) is 9.59 Å². The first-order valence-electron chi connectivity index (χ1n) is 5.35. The Morgan fingerprint density at radius 3 is 2.67 bits per heavy atom. The number of urea groups is 1. The molecular formula is C12H16N2O4. The molecule has 98 valence electrons. The number of nitrogens with zero attached hydrogens (tertiary/aromatic N) is 1. The van der Waals surface area contributed by atoms with Crippen molar-refractivity contribution in [3.8, 4) is 0 Å². The maximum absolute atomic E-state index is 11.6. The number of carboxylic acid groups (broad SMARTS) is 1. The molecule has 0 fully saturated rings. The van der Waals surface area contributed by atoms with Crippen LogP contribution in [-0.4, -0.2) is 35.6 Å². The van der Waals surface area contributed by atoms with Gasteiger partial charge < -0.3 is 19.7 Å². The first-order chi connectivity index (χ1) is 8.40. The van der Waals surface area contributed by atoms with Crippen molar-refractivity contribution in [2.45, 2.75) is 13.5 Å². The fraction of sp³-hybridized carbons (Fsp3) is 0.333. The largest absolute Gasteiger partial charge is 0.475 e. The highest BCUT2D eigenvalue weighted by atomic mass is 16.4. The van der Waals surface area contributed by atoms with Gasteiger partial charge in [-0.2, -0.15) is 0 Å². The van der Waals surface area contributed by atoms with Crippen LogP contribution in [0, 0.1) is 0 Å². The number of furan rings is 1. The van der Waals surface area contributed by atoms with Gasteiger partial charge in [0.2, 0.25) is 5.76 Å². The molecule has 2 amide bonds. The minimum atomic E-state index is -1.13. The average Bonchev–Trinajstić information content (AvgIpc) is 2.73. The van der Waals surface area contributed by atoms with Crippen molar-refractivity contribution in [2.75, 3.05) is 13.6 Å². The number of amides is 2. The number of nitrogens with one attached hydrogen (secondary N) is 1. The molecule has 0 unspecified atom stereocenters. The maximum Gasteiger partial charge on any atom is 0.371 e. The van der Waals surface area contributed by atoms with Gasteiger partial charge in [-0.05, 0) is 19.1 Å². The standard InChI is InChI=1S/C12H16N2O4/c1-8(2)7-14(3)12(17)13-6-9-4-5-10(18-9)11(15)16/h4-5H,1,6-7H2,2-3H3,(H,13,17)(H,15,16). The molecule has 0 atom stereocenters. The van der Waals surface area contributed by atoms with Crippen LogP contribution in [0.4, 0.5) is 4.79 Å². The molecule has 0 radical (unpaired) electrons. The molecule has 0 aromatic carbocycles. The Morgan fingerprint density at radius 1 is 1.50 bits per heavy atom. The Labute approximate surface area is 105 Å². The van der Waals surface area contributed by atoms with Gasteiger partial charge in [-0.3, -0.25) is 0 Å². The minimum absolute atomic E-state index is 0.144. The topological polar surface area (TPSA) is 82.8 Å². The zero-order valence-corrected chi connectivity index (χ0v) is 10.4. The van der Waals surface area contributed by atoms with Gasteiger partial charge in [-0.1, -0.05) is 12.2 Å². The number of likely N-dealkylation sites (N-methyl/N-ethyl adjacent to an activating group) is 1. The van der Waals surface area contributed by atoms with E-state index < -0.39 is 5.97 Å². The average molecular weight is 252 g/mol. The summed E-state index contributed by atoms with van der Waals surface area (Å²) in [5.74, 6) is -0.883. The van der Waals surface area contributed by atoms with Crippen molar-refractivity contribution in [1.82, 2.24) is 10.2 Å². The van der Waals surface area contributed by atoms with Crippen molar-refractivity contribution in [3.63, 3.8) is 0 Å². The molecule has 18 heavy (non-hydrogen) atoms. The van der Waals surface area contributed by atoms with Crippen LogP contribution in [0.25, 0.3) is 0 Å². The predicted octanol–water partition coefficient (Wildman–Crippen LogP) is 1.70. The predicted molar refractivity (Wildman–Crippen MR) is 65.3 cm³/mol. The van der Waals surface area contributed by atoms with Crippen molar-refractivity contribution in [3.05, 3.63) is 35.8 Å². The molecule has 0 aliphatic rings. The monoisotopic (exact) mass is 252 g/mol. The molecule has 1 heterocycles. The summed E-state index contributed by atoms with van der Waals surface area (Å²) in [4.78, 5) is 23.7. The molecule has 6 nitrogen and oxygen atoms in total. The van der Waals surface area contributed by atoms with Crippen LogP contribution in [0.1, 0.15) is 23.2 Å². The highest BCUT2D eigenvalue weighted by molar-refractivity contribution is 5.84. The smallest absolute Gasteiger partial charge is 0.371 e. The summed E-state index contributed by atoms with van der Waals surface area (Å²) in [7, 11) is 1.65. The van der Waals surface area contributed by atoms with Crippen LogP contribution in [-0.2, 0) is 6.54 Å². The Hall–Kier alpha value is -2.24. The number of carbonyl (C=O) groups excluding carboxylic acids is 1. The number of rotatable bonds is 5. The number of aromatic carboxylic acids is 1. The fourth-order valence-electron chi connectivity index (χ4n) is 1.36. The van der Waals surface area contributed by atoms with E-state index >= 15 is 0 Å². The third-order valence-corrected chi connectivity index (χ3v) is 2.14. The van der Waals surface area contributed by atoms with Gasteiger partial charge in [0.1, 0.15) is 5.76 Å². The second-order valence-electron chi connectivity index (χ2n) is 4.04. The highest BCUT2D eigenvalue weighted by Gasteiger charge is 2.11. The first kappa shape index (κ1) is 13.8. The normalized spacial score (nSPS) is 9.89. The van der Waals surface area contributed by atoms with E-state index in [4.69, 9.17) is 9.52 Å². The quantitative estimate of drug-likeness (QED) is 0.781. The molecule has 1 aromatic rings. The maximum atomic E-state index is 11.6. The molecule has 0 aliphatic carbocycles. The SMILES string of the molecule is C=C(C)CN(C)C(=O)NCc1ccc(C(=O)O)o1. The molecule has 1 aromatic heterocycles. The number of hydrogen-bond donors (Lipinski definition) is 2. The van der Waals surface area contributed by atoms with Gasteiger partial charge in [0.15, 0.2) is 0 Å². The molecule has 0 saturated carbocycles. The van der Waals surface area contributed by atoms with E-state index in [0.717, 1.165) is 5.57 Å². The number of hydrogen-bond acceptors (Lipinski definition) is 3. The molecule has 0 spiro atoms. The van der Waals surface area contributed by atoms with Crippen LogP contribution in [0.2, 0.25) is 0 Å². The van der Waals surface area contributed by atoms with Crippen molar-refractivity contribution in [1.29, 1.82) is 0 Å². The third kappa shape index (κ3) is 3.97. The third-order valence-electron chi connectivity index (χ3n) is 2.14. The summed E-state index contributed by atoms with van der Waals surface area (Å²) >= 11 is 0. The summed E-state index contributed by atoms with van der Waals surface area (Å²) in [6.07, 6.45) is 0. The van der Waals surface area contributed by atoms with Crippen molar-refractivity contribution >= 4 is 12.0 Å². The number of carbonyl (C=O) groups is 2. The van der Waals surface area contributed by atoms with Gasteiger partial charge in [0, 0.05) is 13.6 Å². The Balaban J connectivity index is 2.46. The second-order valence-corrected chi connectivity index (χ2v) is 4.04. The molecule has 1 rings (SSSR count). The summed E-state index contributed by atoms with van der Waals surface area (Å²) in [5.41, 5.74) is 0.874. The van der Waals surface area contributed by atoms with E-state index in [-0.39, 0.29) is 18.3 Å². The molecule has 0 aliphatic heterocycles. The molecule has 2 N–H and O–H groups in total. The lowest BCUT2D eigenvalue weighted by molar-refractivity contribution is 0.0660. The summed E-state index contributed by atoms with van der Waals surface area (Å²) in [5, 5.41) is 11.3. The lowest BCUT2D eigenvalue weighted by Gasteiger charge is -2.17. The number of carboxylic acids is 1. The minimum Gasteiger partial charge on any atom is -0.475 e. The molecular weight excluding hydrogens is 236 g/mol. The molecule has 0 bridgehead atoms. The van der Waals surface area contributed by atoms with Gasteiger partial charge in [0.05, 0.1) is 6.54 Å². The zero-order chi connectivity index (χ0) is 13.7. The zero-order valence-electron chi connectivity index (χ0n) is 10.4. The van der Waals surface area contributed by atoms with Gasteiger partial charge in [-0.25, -0.2) is 9.59 Å².